The molecule has 0 aliphatic carbocycles. The molecule has 0 fully saturated rings. The number of Topliss-reactive ketones (excluding diaryl/α,β-unsaturated/α-hetero) is 1. The van der Waals surface area contributed by atoms with E-state index in [4.69, 9.17) is 44.3 Å². The summed E-state index contributed by atoms with van der Waals surface area (Å²) in [6.07, 6.45) is 1.64. The molecule has 4 rings (SSSR count). The van der Waals surface area contributed by atoms with E-state index in [1.165, 1.54) is 0 Å². The average molecular weight is 432 g/mol. The summed E-state index contributed by atoms with van der Waals surface area (Å²) in [7, 11) is 0. The molecule has 140 valence electrons. The standard InChI is InChI=1S/C22H13Cl3O3/c23-15-3-1-2-14(8-15)12-27-16-5-6-17-20(11-16)28-21(22(17)26)10-13-4-7-18(24)19(25)9-13/h1-11H,12H2/b21-10-. The Balaban J connectivity index is 1.52. The zero-order chi connectivity index (χ0) is 19.7. The van der Waals surface area contributed by atoms with Gasteiger partial charge in [-0.3, -0.25) is 4.79 Å². The highest BCUT2D eigenvalue weighted by Gasteiger charge is 2.27. The number of rotatable bonds is 4. The van der Waals surface area contributed by atoms with E-state index in [1.54, 1.807) is 42.5 Å². The van der Waals surface area contributed by atoms with E-state index >= 15 is 0 Å². The molecule has 3 nitrogen and oxygen atoms in total. The third-order valence-electron chi connectivity index (χ3n) is 4.18. The molecule has 0 radical (unpaired) electrons. The highest BCUT2D eigenvalue weighted by atomic mass is 35.5. The van der Waals surface area contributed by atoms with Crippen molar-refractivity contribution in [1.82, 2.24) is 0 Å². The summed E-state index contributed by atoms with van der Waals surface area (Å²) in [5.74, 6) is 1.09. The highest BCUT2D eigenvalue weighted by molar-refractivity contribution is 6.42. The fourth-order valence-corrected chi connectivity index (χ4v) is 3.32. The van der Waals surface area contributed by atoms with Crippen molar-refractivity contribution in [3.05, 3.63) is 98.2 Å². The Labute approximate surface area is 177 Å². The molecule has 0 saturated carbocycles. The number of carbonyl (C=O) groups is 1. The summed E-state index contributed by atoms with van der Waals surface area (Å²) in [4.78, 5) is 12.6. The first-order valence-electron chi connectivity index (χ1n) is 8.40. The van der Waals surface area contributed by atoms with Gasteiger partial charge in [0.05, 0.1) is 15.6 Å². The lowest BCUT2D eigenvalue weighted by atomic mass is 10.1. The lowest BCUT2D eigenvalue weighted by molar-refractivity contribution is 0.101. The fourth-order valence-electron chi connectivity index (χ4n) is 2.80. The van der Waals surface area contributed by atoms with Gasteiger partial charge >= 0.3 is 0 Å². The van der Waals surface area contributed by atoms with Crippen LogP contribution in [0.4, 0.5) is 0 Å². The van der Waals surface area contributed by atoms with Crippen molar-refractivity contribution in [2.75, 3.05) is 0 Å². The van der Waals surface area contributed by atoms with Gasteiger partial charge in [-0.05, 0) is 53.6 Å². The van der Waals surface area contributed by atoms with Crippen molar-refractivity contribution in [2.45, 2.75) is 6.61 Å². The molecule has 0 bridgehead atoms. The van der Waals surface area contributed by atoms with Crippen LogP contribution in [0.1, 0.15) is 21.5 Å². The van der Waals surface area contributed by atoms with Crippen molar-refractivity contribution in [2.24, 2.45) is 0 Å². The van der Waals surface area contributed by atoms with Gasteiger partial charge in [-0.25, -0.2) is 0 Å². The predicted octanol–water partition coefficient (Wildman–Crippen LogP) is 6.84. The number of halogens is 3. The van der Waals surface area contributed by atoms with Crippen molar-refractivity contribution < 1.29 is 14.3 Å². The average Bonchev–Trinajstić information content (AvgIpc) is 2.98. The second-order valence-corrected chi connectivity index (χ2v) is 7.44. The van der Waals surface area contributed by atoms with Crippen LogP contribution >= 0.6 is 34.8 Å². The Hall–Kier alpha value is -2.46. The number of ether oxygens (including phenoxy) is 2. The van der Waals surface area contributed by atoms with Gasteiger partial charge in [0.2, 0.25) is 5.78 Å². The van der Waals surface area contributed by atoms with Crippen molar-refractivity contribution in [1.29, 1.82) is 0 Å². The van der Waals surface area contributed by atoms with Gasteiger partial charge in [0, 0.05) is 11.1 Å². The Morgan fingerprint density at radius 3 is 2.57 bits per heavy atom. The van der Waals surface area contributed by atoms with Crippen molar-refractivity contribution >= 4 is 46.7 Å². The van der Waals surface area contributed by atoms with E-state index in [-0.39, 0.29) is 11.5 Å². The first-order chi connectivity index (χ1) is 13.5. The van der Waals surface area contributed by atoms with Gasteiger partial charge in [-0.15, -0.1) is 0 Å². The zero-order valence-corrected chi connectivity index (χ0v) is 16.7. The maximum Gasteiger partial charge on any atom is 0.231 e. The summed E-state index contributed by atoms with van der Waals surface area (Å²) in [5.41, 5.74) is 2.16. The molecule has 0 N–H and O–H groups in total. The molecule has 6 heteroatoms. The number of ketones is 1. The zero-order valence-electron chi connectivity index (χ0n) is 14.4. The molecule has 0 amide bonds. The van der Waals surface area contributed by atoms with Crippen molar-refractivity contribution in [3.8, 4) is 11.5 Å². The number of benzene rings is 3. The summed E-state index contributed by atoms with van der Waals surface area (Å²) >= 11 is 17.9. The molecule has 0 spiro atoms. The number of hydrogen-bond acceptors (Lipinski definition) is 3. The van der Waals surface area contributed by atoms with Crippen LogP contribution in [0.2, 0.25) is 15.1 Å². The van der Waals surface area contributed by atoms with Gasteiger partial charge in [0.25, 0.3) is 0 Å². The first-order valence-corrected chi connectivity index (χ1v) is 9.53. The van der Waals surface area contributed by atoms with Gasteiger partial charge in [-0.1, -0.05) is 53.0 Å². The van der Waals surface area contributed by atoms with E-state index < -0.39 is 0 Å². The Bertz CT molecular complexity index is 1110. The number of carbonyl (C=O) groups excluding carboxylic acids is 1. The van der Waals surface area contributed by atoms with Crippen LogP contribution in [0.25, 0.3) is 6.08 Å². The van der Waals surface area contributed by atoms with Crippen LogP contribution in [0.15, 0.2) is 66.4 Å². The predicted molar refractivity (Wildman–Crippen MR) is 112 cm³/mol. The number of hydrogen-bond donors (Lipinski definition) is 0. The smallest absolute Gasteiger partial charge is 0.231 e. The van der Waals surface area contributed by atoms with Crippen LogP contribution in [0.5, 0.6) is 11.5 Å². The normalized spacial score (nSPS) is 14.1. The molecule has 0 saturated heterocycles. The van der Waals surface area contributed by atoms with Crippen LogP contribution in [-0.4, -0.2) is 5.78 Å². The third-order valence-corrected chi connectivity index (χ3v) is 5.15. The molecular formula is C22H13Cl3O3. The Kier molecular flexibility index (Phi) is 5.31. The lowest BCUT2D eigenvalue weighted by Gasteiger charge is -2.07. The van der Waals surface area contributed by atoms with E-state index in [0.29, 0.717) is 38.7 Å². The quantitative estimate of drug-likeness (QED) is 0.424. The minimum atomic E-state index is -0.192. The minimum absolute atomic E-state index is 0.192. The Morgan fingerprint density at radius 1 is 0.929 bits per heavy atom. The fraction of sp³-hybridized carbons (Fsp3) is 0.0455. The molecule has 0 atom stereocenters. The maximum absolute atomic E-state index is 12.6. The molecule has 1 aliphatic rings. The van der Waals surface area contributed by atoms with Gasteiger partial charge in [0.15, 0.2) is 5.76 Å². The van der Waals surface area contributed by atoms with Crippen LogP contribution < -0.4 is 9.47 Å². The molecule has 3 aromatic rings. The molecular weight excluding hydrogens is 419 g/mol. The van der Waals surface area contributed by atoms with E-state index in [1.807, 2.05) is 24.3 Å². The third kappa shape index (κ3) is 4.02. The largest absolute Gasteiger partial charge is 0.489 e. The van der Waals surface area contributed by atoms with Crippen molar-refractivity contribution in [3.63, 3.8) is 0 Å². The highest BCUT2D eigenvalue weighted by Crippen LogP contribution is 2.35. The summed E-state index contributed by atoms with van der Waals surface area (Å²) < 4.78 is 11.5. The maximum atomic E-state index is 12.6. The first kappa shape index (κ1) is 18.9. The molecule has 1 aliphatic heterocycles. The summed E-state index contributed by atoms with van der Waals surface area (Å²) in [6, 6.07) is 17.7. The monoisotopic (exact) mass is 430 g/mol. The number of fused-ring (bicyclic) bond motifs is 1. The van der Waals surface area contributed by atoms with Crippen LogP contribution in [0.3, 0.4) is 0 Å². The van der Waals surface area contributed by atoms with E-state index in [2.05, 4.69) is 0 Å². The molecule has 28 heavy (non-hydrogen) atoms. The minimum Gasteiger partial charge on any atom is -0.489 e. The summed E-state index contributed by atoms with van der Waals surface area (Å²) in [5, 5.41) is 1.52. The van der Waals surface area contributed by atoms with E-state index in [0.717, 1.165) is 11.1 Å². The van der Waals surface area contributed by atoms with Crippen LogP contribution in [-0.2, 0) is 6.61 Å². The van der Waals surface area contributed by atoms with Gasteiger partial charge in [-0.2, -0.15) is 0 Å². The molecule has 0 aromatic heterocycles. The molecule has 3 aromatic carbocycles. The van der Waals surface area contributed by atoms with Gasteiger partial charge < -0.3 is 9.47 Å². The topological polar surface area (TPSA) is 35.5 Å². The lowest BCUT2D eigenvalue weighted by Crippen LogP contribution is -1.98. The van der Waals surface area contributed by atoms with Gasteiger partial charge in [0.1, 0.15) is 18.1 Å². The van der Waals surface area contributed by atoms with Crippen LogP contribution in [0, 0.1) is 0 Å². The molecule has 1 heterocycles. The second kappa shape index (κ2) is 7.88. The second-order valence-electron chi connectivity index (χ2n) is 6.19. The summed E-state index contributed by atoms with van der Waals surface area (Å²) in [6.45, 7) is 0.360. The SMILES string of the molecule is O=C1/C(=C/c2ccc(Cl)c(Cl)c2)Oc2cc(OCc3cccc(Cl)c3)ccc21. The Morgan fingerprint density at radius 2 is 1.79 bits per heavy atom. The molecule has 0 unspecified atom stereocenters. The van der Waals surface area contributed by atoms with E-state index in [9.17, 15) is 4.79 Å². The number of allylic oxidation sites excluding steroid dienone is 1.